The van der Waals surface area contributed by atoms with Crippen molar-refractivity contribution in [3.05, 3.63) is 29.8 Å². The third-order valence-corrected chi connectivity index (χ3v) is 12.6. The van der Waals surface area contributed by atoms with Crippen LogP contribution in [0, 0.1) is 29.1 Å². The number of aliphatic hydroxyl groups excluding tert-OH is 1. The molecule has 324 valence electrons. The molecule has 1 aromatic rings. The van der Waals surface area contributed by atoms with Crippen LogP contribution in [-0.4, -0.2) is 138 Å². The van der Waals surface area contributed by atoms with E-state index in [1.54, 1.807) is 43.0 Å². The van der Waals surface area contributed by atoms with Crippen molar-refractivity contribution in [3.63, 3.8) is 0 Å². The predicted octanol–water partition coefficient (Wildman–Crippen LogP) is 3.67. The number of methoxy groups -OCH3 is 1. The number of nitrogens with one attached hydrogen (secondary N) is 1. The smallest absolute Gasteiger partial charge is 0.329 e. The number of nitrogens with zero attached hydrogens (tertiary/aromatic N) is 4. The number of ether oxygens (including phenoxy) is 2. The maximum Gasteiger partial charge on any atom is 0.329 e. The standard InChI is InChI=1S/C44H69N5O9/c1-11-28(3)38-42(55)49-20-12-13-34(49)43(56)58-36(44(5,6)7)24-27(2)23-35(50)29(4)40(53)48-21-18-31(19-22-48)39(52)45-33(25-30-14-16-32(57-10)17-15-30)41(54)46(8)26-37(51)47(38)9/h14-17,27-29,31,33-36,38,50H,11-13,18-26H2,1-10H3,(H,45,52)/t27-,28-,29-,33-,34-,35-,36-,38-/m0/s1. The third kappa shape index (κ3) is 11.5. The lowest BCUT2D eigenvalue weighted by molar-refractivity contribution is -0.166. The minimum Gasteiger partial charge on any atom is -0.497 e. The van der Waals surface area contributed by atoms with Crippen LogP contribution in [0.2, 0.25) is 0 Å². The highest BCUT2D eigenvalue weighted by atomic mass is 16.5. The predicted molar refractivity (Wildman–Crippen MR) is 219 cm³/mol. The van der Waals surface area contributed by atoms with Crippen LogP contribution >= 0.6 is 0 Å². The number of carbonyl (C=O) groups excluding carboxylic acids is 6. The summed E-state index contributed by atoms with van der Waals surface area (Å²) in [6.07, 6.45) is 1.86. The van der Waals surface area contributed by atoms with Gasteiger partial charge in [-0.25, -0.2) is 4.79 Å². The molecule has 0 unspecified atom stereocenters. The lowest BCUT2D eigenvalue weighted by Crippen LogP contribution is -2.57. The molecule has 0 spiro atoms. The lowest BCUT2D eigenvalue weighted by atomic mass is 9.81. The molecule has 0 aliphatic carbocycles. The molecule has 0 radical (unpaired) electrons. The van der Waals surface area contributed by atoms with Crippen molar-refractivity contribution in [3.8, 4) is 5.75 Å². The van der Waals surface area contributed by atoms with Crippen molar-refractivity contribution >= 4 is 35.5 Å². The number of likely N-dealkylation sites (N-methyl/N-ethyl adjacent to an activating group) is 2. The fourth-order valence-corrected chi connectivity index (χ4v) is 8.45. The summed E-state index contributed by atoms with van der Waals surface area (Å²) >= 11 is 0. The second kappa shape index (κ2) is 20.2. The first-order valence-electron chi connectivity index (χ1n) is 21.2. The SMILES string of the molecule is CC[C@H](C)[C@H]1C(=O)N2CCC[C@H]2C(=O)O[C@H](C(C)(C)C)C[C@@H](C)C[C@H](O)[C@H](C)C(=O)N2CCC(CC2)C(=O)N[C@@H](Cc2ccc(OC)cc2)C(=O)N(C)CC(=O)N1C. The first-order chi connectivity index (χ1) is 27.3. The number of amides is 5. The summed E-state index contributed by atoms with van der Waals surface area (Å²) < 4.78 is 11.5. The summed E-state index contributed by atoms with van der Waals surface area (Å²) in [5, 5.41) is 14.3. The fraction of sp³-hybridized carbons (Fsp3) is 0.727. The summed E-state index contributed by atoms with van der Waals surface area (Å²) in [7, 11) is 4.63. The van der Waals surface area contributed by atoms with Crippen molar-refractivity contribution in [2.45, 2.75) is 130 Å². The zero-order valence-corrected chi connectivity index (χ0v) is 36.5. The minimum atomic E-state index is -1.00. The molecular formula is C44H69N5O9. The summed E-state index contributed by atoms with van der Waals surface area (Å²) in [4.78, 5) is 90.0. The van der Waals surface area contributed by atoms with Gasteiger partial charge in [0, 0.05) is 46.1 Å². The average Bonchev–Trinajstić information content (AvgIpc) is 3.69. The Hall–Kier alpha value is -4.20. The highest BCUT2D eigenvalue weighted by molar-refractivity contribution is 5.94. The van der Waals surface area contributed by atoms with Crippen molar-refractivity contribution in [2.75, 3.05) is 47.4 Å². The van der Waals surface area contributed by atoms with Crippen molar-refractivity contribution in [2.24, 2.45) is 29.1 Å². The molecule has 4 saturated heterocycles. The number of esters is 1. The Kier molecular flexibility index (Phi) is 16.2. The zero-order valence-electron chi connectivity index (χ0n) is 36.5. The van der Waals surface area contributed by atoms with Gasteiger partial charge in [-0.1, -0.05) is 67.0 Å². The fourth-order valence-electron chi connectivity index (χ4n) is 8.45. The Labute approximate surface area is 345 Å². The molecule has 14 nitrogen and oxygen atoms in total. The van der Waals surface area contributed by atoms with E-state index < -0.39 is 65.4 Å². The molecule has 4 fully saturated rings. The first-order valence-corrected chi connectivity index (χ1v) is 21.2. The summed E-state index contributed by atoms with van der Waals surface area (Å²) in [5.74, 6) is -3.12. The van der Waals surface area contributed by atoms with Gasteiger partial charge in [-0.3, -0.25) is 24.0 Å². The van der Waals surface area contributed by atoms with Gasteiger partial charge in [-0.2, -0.15) is 0 Å². The molecule has 58 heavy (non-hydrogen) atoms. The summed E-state index contributed by atoms with van der Waals surface area (Å²) in [5.41, 5.74) is 0.324. The Balaban J connectivity index is 1.68. The second-order valence-corrected chi connectivity index (χ2v) is 18.2. The van der Waals surface area contributed by atoms with E-state index in [9.17, 15) is 33.9 Å². The molecule has 4 heterocycles. The molecule has 2 bridgehead atoms. The molecule has 14 heteroatoms. The van der Waals surface area contributed by atoms with E-state index in [2.05, 4.69) is 5.32 Å². The quantitative estimate of drug-likeness (QED) is 0.334. The molecule has 1 aromatic carbocycles. The summed E-state index contributed by atoms with van der Waals surface area (Å²) in [6, 6.07) is 4.46. The Morgan fingerprint density at radius 3 is 2.14 bits per heavy atom. The molecular weight excluding hydrogens is 743 g/mol. The van der Waals surface area contributed by atoms with Crippen LogP contribution < -0.4 is 10.1 Å². The first kappa shape index (κ1) is 46.5. The average molecular weight is 812 g/mol. The van der Waals surface area contributed by atoms with Crippen LogP contribution in [0.25, 0.3) is 0 Å². The van der Waals surface area contributed by atoms with Gasteiger partial charge in [-0.05, 0) is 73.5 Å². The van der Waals surface area contributed by atoms with Gasteiger partial charge in [0.15, 0.2) is 0 Å². The van der Waals surface area contributed by atoms with Gasteiger partial charge in [0.2, 0.25) is 29.5 Å². The van der Waals surface area contributed by atoms with Crippen LogP contribution in [0.4, 0.5) is 0 Å². The molecule has 4 aliphatic heterocycles. The van der Waals surface area contributed by atoms with E-state index in [0.717, 1.165) is 5.56 Å². The van der Waals surface area contributed by atoms with Gasteiger partial charge >= 0.3 is 5.97 Å². The van der Waals surface area contributed by atoms with E-state index in [1.165, 1.54) is 16.8 Å². The lowest BCUT2D eigenvalue weighted by Gasteiger charge is -2.38. The number of hydrogen-bond donors (Lipinski definition) is 2. The Bertz CT molecular complexity index is 1600. The third-order valence-electron chi connectivity index (χ3n) is 12.6. The number of hydrogen-bond acceptors (Lipinski definition) is 9. The van der Waals surface area contributed by atoms with E-state index in [-0.39, 0.29) is 42.5 Å². The Morgan fingerprint density at radius 2 is 1.55 bits per heavy atom. The summed E-state index contributed by atoms with van der Waals surface area (Å²) in [6.45, 7) is 14.2. The molecule has 0 saturated carbocycles. The molecule has 2 N–H and O–H groups in total. The van der Waals surface area contributed by atoms with Crippen LogP contribution in [0.3, 0.4) is 0 Å². The van der Waals surface area contributed by atoms with E-state index in [0.29, 0.717) is 70.3 Å². The van der Waals surface area contributed by atoms with Gasteiger partial charge in [0.05, 0.1) is 25.7 Å². The number of aliphatic hydroxyl groups is 1. The van der Waals surface area contributed by atoms with E-state index >= 15 is 0 Å². The van der Waals surface area contributed by atoms with E-state index in [1.807, 2.05) is 53.7 Å². The van der Waals surface area contributed by atoms with Crippen molar-refractivity contribution < 1.29 is 43.3 Å². The molecule has 5 amide bonds. The van der Waals surface area contributed by atoms with Gasteiger partial charge < -0.3 is 39.5 Å². The van der Waals surface area contributed by atoms with Crippen molar-refractivity contribution in [1.29, 1.82) is 0 Å². The number of rotatable bonds is 5. The monoisotopic (exact) mass is 812 g/mol. The molecule has 4 aliphatic rings. The maximum atomic E-state index is 14.5. The van der Waals surface area contributed by atoms with Crippen LogP contribution in [0.5, 0.6) is 5.75 Å². The number of piperidine rings is 1. The maximum absolute atomic E-state index is 14.5. The van der Waals surface area contributed by atoms with Gasteiger partial charge in [-0.15, -0.1) is 0 Å². The number of fused-ring (bicyclic) bond motifs is 19. The topological polar surface area (TPSA) is 166 Å². The number of benzene rings is 1. The highest BCUT2D eigenvalue weighted by Gasteiger charge is 2.44. The Morgan fingerprint density at radius 1 is 0.914 bits per heavy atom. The van der Waals surface area contributed by atoms with Crippen molar-refractivity contribution in [1.82, 2.24) is 24.9 Å². The minimum absolute atomic E-state index is 0.103. The molecule has 5 rings (SSSR count). The normalized spacial score (nSPS) is 30.1. The van der Waals surface area contributed by atoms with Crippen LogP contribution in [-0.2, 0) is 39.9 Å². The second-order valence-electron chi connectivity index (χ2n) is 18.2. The van der Waals surface area contributed by atoms with Crippen LogP contribution in [0.15, 0.2) is 24.3 Å². The largest absolute Gasteiger partial charge is 0.497 e. The number of carbonyl (C=O) groups is 6. The van der Waals surface area contributed by atoms with E-state index in [4.69, 9.17) is 9.47 Å². The zero-order chi connectivity index (χ0) is 43.1. The van der Waals surface area contributed by atoms with Crippen LogP contribution in [0.1, 0.15) is 99.0 Å². The highest BCUT2D eigenvalue weighted by Crippen LogP contribution is 2.33. The molecule has 0 aromatic heterocycles. The van der Waals surface area contributed by atoms with Gasteiger partial charge in [0.25, 0.3) is 0 Å². The molecule has 8 atom stereocenters. The van der Waals surface area contributed by atoms with Gasteiger partial charge in [0.1, 0.15) is 30.0 Å².